The van der Waals surface area contributed by atoms with Crippen molar-refractivity contribution in [2.24, 2.45) is 0 Å². The van der Waals surface area contributed by atoms with Crippen LogP contribution in [0.5, 0.6) is 5.88 Å². The lowest BCUT2D eigenvalue weighted by Crippen LogP contribution is -2.28. The van der Waals surface area contributed by atoms with Gasteiger partial charge in [-0.3, -0.25) is 0 Å². The number of ether oxygens (including phenoxy) is 1. The van der Waals surface area contributed by atoms with E-state index in [-0.39, 0.29) is 0 Å². The molecule has 1 saturated carbocycles. The van der Waals surface area contributed by atoms with Gasteiger partial charge >= 0.3 is 0 Å². The van der Waals surface area contributed by atoms with Crippen molar-refractivity contribution in [3.05, 3.63) is 6.33 Å². The van der Waals surface area contributed by atoms with Crippen molar-refractivity contribution in [1.29, 1.82) is 0 Å². The first kappa shape index (κ1) is 12.0. The van der Waals surface area contributed by atoms with Crippen LogP contribution in [0.4, 0.5) is 11.5 Å². The minimum absolute atomic E-state index is 0.470. The molecule has 1 aliphatic rings. The van der Waals surface area contributed by atoms with E-state index < -0.39 is 0 Å². The molecule has 0 amide bonds. The first-order valence-electron chi connectivity index (χ1n) is 6.19. The highest BCUT2D eigenvalue weighted by atomic mass is 16.5. The number of unbranched alkanes of at least 4 members (excludes halogenated alkanes) is 1. The van der Waals surface area contributed by atoms with Gasteiger partial charge in [-0.1, -0.05) is 13.3 Å². The normalized spacial score (nSPS) is 14.7. The maximum atomic E-state index is 6.04. The second kappa shape index (κ2) is 5.21. The van der Waals surface area contributed by atoms with E-state index in [1.54, 1.807) is 7.11 Å². The van der Waals surface area contributed by atoms with E-state index >= 15 is 0 Å². The molecule has 1 heterocycles. The summed E-state index contributed by atoms with van der Waals surface area (Å²) >= 11 is 0. The molecule has 1 aromatic heterocycles. The summed E-state index contributed by atoms with van der Waals surface area (Å²) in [6.45, 7) is 3.19. The van der Waals surface area contributed by atoms with Gasteiger partial charge in [0, 0.05) is 12.6 Å². The Bertz CT molecular complexity index is 379. The second-order valence-electron chi connectivity index (χ2n) is 4.40. The number of hydrogen-bond donors (Lipinski definition) is 1. The van der Waals surface area contributed by atoms with E-state index in [9.17, 15) is 0 Å². The highest BCUT2D eigenvalue weighted by Crippen LogP contribution is 2.36. The monoisotopic (exact) mass is 236 g/mol. The van der Waals surface area contributed by atoms with Crippen LogP contribution in [0.2, 0.25) is 0 Å². The molecular formula is C12H20N4O. The van der Waals surface area contributed by atoms with Gasteiger partial charge in [-0.25, -0.2) is 4.98 Å². The molecule has 1 fully saturated rings. The van der Waals surface area contributed by atoms with E-state index in [2.05, 4.69) is 21.8 Å². The topological polar surface area (TPSA) is 64.3 Å². The smallest absolute Gasteiger partial charge is 0.242 e. The first-order chi connectivity index (χ1) is 8.27. The molecule has 17 heavy (non-hydrogen) atoms. The summed E-state index contributed by atoms with van der Waals surface area (Å²) < 4.78 is 5.14. The van der Waals surface area contributed by atoms with Crippen molar-refractivity contribution in [1.82, 2.24) is 9.97 Å². The highest BCUT2D eigenvalue weighted by molar-refractivity contribution is 5.68. The molecular weight excluding hydrogens is 216 g/mol. The molecule has 0 atom stereocenters. The van der Waals surface area contributed by atoms with E-state index in [4.69, 9.17) is 10.5 Å². The molecule has 0 bridgehead atoms. The number of nitrogens with zero attached hydrogens (tertiary/aromatic N) is 3. The average Bonchev–Trinajstić information content (AvgIpc) is 3.16. The van der Waals surface area contributed by atoms with Crippen LogP contribution in [-0.4, -0.2) is 29.7 Å². The Labute approximate surface area is 102 Å². The Balaban J connectivity index is 2.22. The molecule has 0 aromatic carbocycles. The number of methoxy groups -OCH3 is 1. The lowest BCUT2D eigenvalue weighted by atomic mass is 10.3. The molecule has 0 saturated heterocycles. The fourth-order valence-electron chi connectivity index (χ4n) is 1.94. The average molecular weight is 236 g/mol. The number of nitrogen functional groups attached to an aromatic ring is 1. The van der Waals surface area contributed by atoms with Gasteiger partial charge in [-0.05, 0) is 19.3 Å². The van der Waals surface area contributed by atoms with Gasteiger partial charge in [0.15, 0.2) is 5.82 Å². The Kier molecular flexibility index (Phi) is 3.66. The zero-order valence-electron chi connectivity index (χ0n) is 10.5. The van der Waals surface area contributed by atoms with Crippen LogP contribution in [0.1, 0.15) is 32.6 Å². The third-order valence-electron chi connectivity index (χ3n) is 3.03. The van der Waals surface area contributed by atoms with E-state index in [0.717, 1.165) is 18.8 Å². The number of anilines is 2. The Morgan fingerprint density at radius 3 is 2.82 bits per heavy atom. The molecule has 0 aliphatic heterocycles. The van der Waals surface area contributed by atoms with Crippen molar-refractivity contribution in [3.63, 3.8) is 0 Å². The van der Waals surface area contributed by atoms with Crippen LogP contribution in [0.15, 0.2) is 6.33 Å². The van der Waals surface area contributed by atoms with E-state index in [0.29, 0.717) is 17.6 Å². The molecule has 5 nitrogen and oxygen atoms in total. The van der Waals surface area contributed by atoms with Crippen molar-refractivity contribution >= 4 is 11.5 Å². The summed E-state index contributed by atoms with van der Waals surface area (Å²) in [5.74, 6) is 1.30. The Morgan fingerprint density at radius 1 is 1.47 bits per heavy atom. The summed E-state index contributed by atoms with van der Waals surface area (Å²) in [4.78, 5) is 10.6. The zero-order valence-corrected chi connectivity index (χ0v) is 10.5. The molecule has 0 radical (unpaired) electrons. The Hall–Kier alpha value is -1.52. The summed E-state index contributed by atoms with van der Waals surface area (Å²) in [5, 5.41) is 0. The van der Waals surface area contributed by atoms with Gasteiger partial charge in [0.25, 0.3) is 0 Å². The molecule has 5 heteroatoms. The number of rotatable bonds is 6. The number of nitrogens with two attached hydrogens (primary N) is 1. The molecule has 0 unspecified atom stereocenters. The van der Waals surface area contributed by atoms with Crippen molar-refractivity contribution in [2.45, 2.75) is 38.6 Å². The maximum Gasteiger partial charge on any atom is 0.242 e. The van der Waals surface area contributed by atoms with E-state index in [1.165, 1.54) is 25.6 Å². The highest BCUT2D eigenvalue weighted by Gasteiger charge is 2.31. The van der Waals surface area contributed by atoms with Crippen LogP contribution in [-0.2, 0) is 0 Å². The minimum Gasteiger partial charge on any atom is -0.479 e. The second-order valence-corrected chi connectivity index (χ2v) is 4.40. The van der Waals surface area contributed by atoms with Gasteiger partial charge in [0.05, 0.1) is 7.11 Å². The van der Waals surface area contributed by atoms with Gasteiger partial charge < -0.3 is 15.4 Å². The zero-order chi connectivity index (χ0) is 12.3. The summed E-state index contributed by atoms with van der Waals surface area (Å²) in [6.07, 6.45) is 6.31. The third-order valence-corrected chi connectivity index (χ3v) is 3.03. The van der Waals surface area contributed by atoms with Crippen LogP contribution in [0, 0.1) is 0 Å². The first-order valence-corrected chi connectivity index (χ1v) is 6.19. The van der Waals surface area contributed by atoms with Crippen LogP contribution >= 0.6 is 0 Å². The van der Waals surface area contributed by atoms with Crippen LogP contribution in [0.3, 0.4) is 0 Å². The summed E-state index contributed by atoms with van der Waals surface area (Å²) in [5.41, 5.74) is 6.59. The SMILES string of the molecule is CCCCN(c1ncnc(OC)c1N)C1CC1. The van der Waals surface area contributed by atoms with Gasteiger partial charge in [0.2, 0.25) is 5.88 Å². The summed E-state index contributed by atoms with van der Waals surface area (Å²) in [7, 11) is 1.58. The van der Waals surface area contributed by atoms with Crippen molar-refractivity contribution < 1.29 is 4.74 Å². The standard InChI is InChI=1S/C12H20N4O/c1-3-4-7-16(9-5-6-9)11-10(13)12(17-2)15-8-14-11/h8-9H,3-7,13H2,1-2H3. The third kappa shape index (κ3) is 2.60. The van der Waals surface area contributed by atoms with Crippen LogP contribution < -0.4 is 15.4 Å². The molecule has 94 valence electrons. The van der Waals surface area contributed by atoms with Crippen molar-refractivity contribution in [2.75, 3.05) is 24.3 Å². The van der Waals surface area contributed by atoms with Crippen LogP contribution in [0.25, 0.3) is 0 Å². The summed E-state index contributed by atoms with van der Waals surface area (Å²) in [6, 6.07) is 0.600. The Morgan fingerprint density at radius 2 is 2.24 bits per heavy atom. The number of aromatic nitrogens is 2. The number of hydrogen-bond acceptors (Lipinski definition) is 5. The largest absolute Gasteiger partial charge is 0.479 e. The molecule has 1 aliphatic carbocycles. The van der Waals surface area contributed by atoms with E-state index in [1.807, 2.05) is 0 Å². The lowest BCUT2D eigenvalue weighted by molar-refractivity contribution is 0.399. The van der Waals surface area contributed by atoms with Crippen molar-refractivity contribution in [3.8, 4) is 5.88 Å². The predicted octanol–water partition coefficient (Wildman–Crippen LogP) is 1.84. The predicted molar refractivity (Wildman–Crippen MR) is 68.3 cm³/mol. The maximum absolute atomic E-state index is 6.04. The molecule has 1 aromatic rings. The van der Waals surface area contributed by atoms with Gasteiger partial charge in [-0.2, -0.15) is 4.98 Å². The minimum atomic E-state index is 0.470. The van der Waals surface area contributed by atoms with Gasteiger partial charge in [0.1, 0.15) is 12.0 Å². The fourth-order valence-corrected chi connectivity index (χ4v) is 1.94. The molecule has 0 spiro atoms. The van der Waals surface area contributed by atoms with Gasteiger partial charge in [-0.15, -0.1) is 0 Å². The molecule has 2 rings (SSSR count). The molecule has 2 N–H and O–H groups in total. The lowest BCUT2D eigenvalue weighted by Gasteiger charge is -2.24. The quantitative estimate of drug-likeness (QED) is 0.816. The fraction of sp³-hybridized carbons (Fsp3) is 0.667.